The number of aliphatic hydroxyl groups is 1. The highest BCUT2D eigenvalue weighted by atomic mass is 16.5. The summed E-state index contributed by atoms with van der Waals surface area (Å²) in [5.74, 6) is 0. The van der Waals surface area contributed by atoms with E-state index in [0.717, 1.165) is 39.5 Å². The first-order valence-electron chi connectivity index (χ1n) is 5.33. The van der Waals surface area contributed by atoms with E-state index in [9.17, 15) is 0 Å². The fraction of sp³-hybridized carbons (Fsp3) is 1.00. The minimum absolute atomic E-state index is 0.193. The minimum atomic E-state index is 0.193. The Morgan fingerprint density at radius 3 is 1.79 bits per heavy atom. The van der Waals surface area contributed by atoms with Crippen molar-refractivity contribution in [1.82, 2.24) is 4.90 Å². The Morgan fingerprint density at radius 2 is 1.43 bits per heavy atom. The van der Waals surface area contributed by atoms with Gasteiger partial charge in [0.05, 0.1) is 19.8 Å². The van der Waals surface area contributed by atoms with Gasteiger partial charge in [-0.05, 0) is 13.8 Å². The molecular weight excluding hydrogens is 182 g/mol. The van der Waals surface area contributed by atoms with Crippen LogP contribution in [0.3, 0.4) is 0 Å². The van der Waals surface area contributed by atoms with Crippen LogP contribution >= 0.6 is 0 Å². The molecule has 0 bridgehead atoms. The molecule has 0 aliphatic rings. The lowest BCUT2D eigenvalue weighted by atomic mass is 10.4. The first-order chi connectivity index (χ1) is 6.85. The monoisotopic (exact) mass is 205 g/mol. The number of nitrogens with zero attached hydrogens (tertiary/aromatic N) is 1. The van der Waals surface area contributed by atoms with Crippen LogP contribution in [-0.2, 0) is 9.47 Å². The van der Waals surface area contributed by atoms with Crippen LogP contribution in [0.4, 0.5) is 0 Å². The van der Waals surface area contributed by atoms with E-state index in [1.54, 1.807) is 0 Å². The van der Waals surface area contributed by atoms with Gasteiger partial charge in [-0.1, -0.05) is 0 Å². The van der Waals surface area contributed by atoms with Gasteiger partial charge >= 0.3 is 0 Å². The molecule has 0 aromatic rings. The van der Waals surface area contributed by atoms with Crippen molar-refractivity contribution in [3.63, 3.8) is 0 Å². The smallest absolute Gasteiger partial charge is 0.0593 e. The molecule has 0 aliphatic carbocycles. The van der Waals surface area contributed by atoms with E-state index in [2.05, 4.69) is 4.90 Å². The second-order valence-electron chi connectivity index (χ2n) is 2.96. The van der Waals surface area contributed by atoms with Crippen molar-refractivity contribution < 1.29 is 14.6 Å². The Morgan fingerprint density at radius 1 is 0.929 bits per heavy atom. The summed E-state index contributed by atoms with van der Waals surface area (Å²) in [7, 11) is 0. The predicted molar refractivity (Wildman–Crippen MR) is 56.5 cm³/mol. The van der Waals surface area contributed by atoms with E-state index in [1.807, 2.05) is 13.8 Å². The molecule has 0 unspecified atom stereocenters. The van der Waals surface area contributed by atoms with Crippen molar-refractivity contribution in [3.8, 4) is 0 Å². The molecular formula is C10H23NO3. The van der Waals surface area contributed by atoms with Gasteiger partial charge in [0.25, 0.3) is 0 Å². The average Bonchev–Trinajstić information content (AvgIpc) is 2.18. The van der Waals surface area contributed by atoms with Gasteiger partial charge in [0.2, 0.25) is 0 Å². The van der Waals surface area contributed by atoms with E-state index < -0.39 is 0 Å². The first kappa shape index (κ1) is 13.8. The SMILES string of the molecule is CCOCCN(CCO)CCOCC. The quantitative estimate of drug-likeness (QED) is 0.523. The van der Waals surface area contributed by atoms with Crippen molar-refractivity contribution in [2.75, 3.05) is 52.7 Å². The molecule has 4 nitrogen and oxygen atoms in total. The third kappa shape index (κ3) is 8.44. The lowest BCUT2D eigenvalue weighted by Crippen LogP contribution is -2.33. The van der Waals surface area contributed by atoms with Crippen molar-refractivity contribution >= 4 is 0 Å². The van der Waals surface area contributed by atoms with Crippen LogP contribution in [0.15, 0.2) is 0 Å². The zero-order chi connectivity index (χ0) is 10.6. The third-order valence-corrected chi connectivity index (χ3v) is 1.93. The molecule has 4 heteroatoms. The van der Waals surface area contributed by atoms with E-state index in [4.69, 9.17) is 14.6 Å². The first-order valence-corrected chi connectivity index (χ1v) is 5.33. The van der Waals surface area contributed by atoms with Gasteiger partial charge in [-0.2, -0.15) is 0 Å². The highest BCUT2D eigenvalue weighted by molar-refractivity contribution is 4.55. The summed E-state index contributed by atoms with van der Waals surface area (Å²) in [5.41, 5.74) is 0. The summed E-state index contributed by atoms with van der Waals surface area (Å²) >= 11 is 0. The molecule has 0 rings (SSSR count). The highest BCUT2D eigenvalue weighted by Crippen LogP contribution is 1.89. The molecule has 0 saturated heterocycles. The average molecular weight is 205 g/mol. The fourth-order valence-electron chi connectivity index (χ4n) is 1.15. The van der Waals surface area contributed by atoms with Gasteiger partial charge in [-0.15, -0.1) is 0 Å². The van der Waals surface area contributed by atoms with Crippen LogP contribution in [0.1, 0.15) is 13.8 Å². The maximum atomic E-state index is 8.83. The van der Waals surface area contributed by atoms with E-state index in [0.29, 0.717) is 6.54 Å². The standard InChI is InChI=1S/C10H23NO3/c1-3-13-9-6-11(5-8-12)7-10-14-4-2/h12H,3-10H2,1-2H3. The number of ether oxygens (including phenoxy) is 2. The molecule has 1 N–H and O–H groups in total. The number of hydrogen-bond donors (Lipinski definition) is 1. The number of rotatable bonds is 10. The van der Waals surface area contributed by atoms with Gasteiger partial charge < -0.3 is 14.6 Å². The normalized spacial score (nSPS) is 11.1. The van der Waals surface area contributed by atoms with Gasteiger partial charge in [0.1, 0.15) is 0 Å². The van der Waals surface area contributed by atoms with Crippen LogP contribution in [0.5, 0.6) is 0 Å². The second kappa shape index (κ2) is 10.9. The molecule has 0 radical (unpaired) electrons. The highest BCUT2D eigenvalue weighted by Gasteiger charge is 2.03. The topological polar surface area (TPSA) is 41.9 Å². The zero-order valence-corrected chi connectivity index (χ0v) is 9.37. The van der Waals surface area contributed by atoms with Crippen LogP contribution < -0.4 is 0 Å². The Bertz CT molecular complexity index is 102. The maximum absolute atomic E-state index is 8.83. The lowest BCUT2D eigenvalue weighted by molar-refractivity contribution is 0.0745. The summed E-state index contributed by atoms with van der Waals surface area (Å²) in [6.45, 7) is 9.52. The summed E-state index contributed by atoms with van der Waals surface area (Å²) in [4.78, 5) is 2.14. The summed E-state index contributed by atoms with van der Waals surface area (Å²) in [5, 5.41) is 8.83. The molecule has 0 atom stereocenters. The Hall–Kier alpha value is -0.160. The molecule has 0 aromatic heterocycles. The van der Waals surface area contributed by atoms with E-state index in [-0.39, 0.29) is 6.61 Å². The van der Waals surface area contributed by atoms with Crippen molar-refractivity contribution in [2.24, 2.45) is 0 Å². The summed E-state index contributed by atoms with van der Waals surface area (Å²) in [6, 6.07) is 0. The second-order valence-corrected chi connectivity index (χ2v) is 2.96. The Balaban J connectivity index is 3.44. The van der Waals surface area contributed by atoms with E-state index >= 15 is 0 Å². The molecule has 0 aromatic carbocycles. The molecule has 0 heterocycles. The van der Waals surface area contributed by atoms with Crippen molar-refractivity contribution in [1.29, 1.82) is 0 Å². The summed E-state index contributed by atoms with van der Waals surface area (Å²) < 4.78 is 10.5. The van der Waals surface area contributed by atoms with Gasteiger partial charge in [0, 0.05) is 32.8 Å². The van der Waals surface area contributed by atoms with Crippen molar-refractivity contribution in [2.45, 2.75) is 13.8 Å². The molecule has 0 saturated carbocycles. The van der Waals surface area contributed by atoms with Crippen LogP contribution in [-0.4, -0.2) is 62.7 Å². The third-order valence-electron chi connectivity index (χ3n) is 1.93. The molecule has 86 valence electrons. The van der Waals surface area contributed by atoms with E-state index in [1.165, 1.54) is 0 Å². The Kier molecular flexibility index (Phi) is 10.8. The van der Waals surface area contributed by atoms with Gasteiger partial charge in [-0.25, -0.2) is 0 Å². The molecule has 0 amide bonds. The minimum Gasteiger partial charge on any atom is -0.395 e. The predicted octanol–water partition coefficient (Wildman–Crippen LogP) is 0.354. The zero-order valence-electron chi connectivity index (χ0n) is 9.37. The van der Waals surface area contributed by atoms with Crippen LogP contribution in [0, 0.1) is 0 Å². The van der Waals surface area contributed by atoms with Crippen LogP contribution in [0.25, 0.3) is 0 Å². The Labute approximate surface area is 86.8 Å². The fourth-order valence-corrected chi connectivity index (χ4v) is 1.15. The lowest BCUT2D eigenvalue weighted by Gasteiger charge is -2.20. The largest absolute Gasteiger partial charge is 0.395 e. The molecule has 0 fully saturated rings. The van der Waals surface area contributed by atoms with Gasteiger partial charge in [-0.3, -0.25) is 4.90 Å². The number of aliphatic hydroxyl groups excluding tert-OH is 1. The number of hydrogen-bond acceptors (Lipinski definition) is 4. The maximum Gasteiger partial charge on any atom is 0.0593 e. The summed E-state index contributed by atoms with van der Waals surface area (Å²) in [6.07, 6.45) is 0. The molecule has 0 spiro atoms. The van der Waals surface area contributed by atoms with Crippen LogP contribution in [0.2, 0.25) is 0 Å². The molecule has 14 heavy (non-hydrogen) atoms. The molecule has 0 aliphatic heterocycles. The van der Waals surface area contributed by atoms with Gasteiger partial charge in [0.15, 0.2) is 0 Å². The van der Waals surface area contributed by atoms with Crippen molar-refractivity contribution in [3.05, 3.63) is 0 Å².